The average molecular weight is 617 g/mol. The molecule has 7 heteroatoms. The Morgan fingerprint density at radius 3 is 1.76 bits per heavy atom. The summed E-state index contributed by atoms with van der Waals surface area (Å²) in [5, 5.41) is 8.97. The van der Waals surface area contributed by atoms with Crippen molar-refractivity contribution in [1.29, 1.82) is 0 Å². The second-order valence-electron chi connectivity index (χ2n) is 10.5. The van der Waals surface area contributed by atoms with Crippen molar-refractivity contribution in [3.8, 4) is 28.0 Å². The zero-order valence-corrected chi connectivity index (χ0v) is 26.1. The van der Waals surface area contributed by atoms with Crippen LogP contribution in [0.15, 0.2) is 126 Å². The molecule has 0 spiro atoms. The number of ether oxygens (including phenoxy) is 2. The van der Waals surface area contributed by atoms with Gasteiger partial charge in [-0.05, 0) is 95.3 Å². The number of carbonyl (C=O) groups is 1. The second kappa shape index (κ2) is 14.6. The van der Waals surface area contributed by atoms with Gasteiger partial charge in [-0.2, -0.15) is 0 Å². The van der Waals surface area contributed by atoms with Crippen molar-refractivity contribution < 1.29 is 19.4 Å². The lowest BCUT2D eigenvalue weighted by Gasteiger charge is -2.18. The summed E-state index contributed by atoms with van der Waals surface area (Å²) in [5.74, 6) is 1.00. The molecular weight excluding hydrogens is 580 g/mol. The van der Waals surface area contributed by atoms with Crippen LogP contribution in [0.5, 0.6) is 5.75 Å². The van der Waals surface area contributed by atoms with E-state index >= 15 is 0 Å². The fourth-order valence-electron chi connectivity index (χ4n) is 5.11. The normalized spacial score (nSPS) is 10.7. The maximum atomic E-state index is 10.9. The minimum atomic E-state index is -1.01. The Labute approximate surface area is 268 Å². The minimum Gasteiger partial charge on any atom is -0.497 e. The van der Waals surface area contributed by atoms with E-state index in [1.54, 1.807) is 11.8 Å². The molecule has 0 saturated carbocycles. The molecule has 0 radical (unpaired) electrons. The summed E-state index contributed by atoms with van der Waals surface area (Å²) < 4.78 is 11.8. The largest absolute Gasteiger partial charge is 0.497 e. The van der Waals surface area contributed by atoms with Crippen LogP contribution in [0.3, 0.4) is 0 Å². The number of nitrogen functional groups attached to an aromatic ring is 2. The molecule has 45 heavy (non-hydrogen) atoms. The fraction of sp³-hybridized carbons (Fsp3) is 0.132. The van der Waals surface area contributed by atoms with Crippen LogP contribution in [-0.4, -0.2) is 30.0 Å². The Morgan fingerprint density at radius 1 is 0.733 bits per heavy atom. The summed E-state index contributed by atoms with van der Waals surface area (Å²) in [4.78, 5) is 12.0. The molecule has 5 N–H and O–H groups in total. The van der Waals surface area contributed by atoms with Gasteiger partial charge in [0.2, 0.25) is 0 Å². The average Bonchev–Trinajstić information content (AvgIpc) is 3.04. The third-order valence-electron chi connectivity index (χ3n) is 7.25. The van der Waals surface area contributed by atoms with Gasteiger partial charge in [-0.1, -0.05) is 72.8 Å². The molecule has 0 unspecified atom stereocenters. The molecule has 0 saturated heterocycles. The lowest BCUT2D eigenvalue weighted by molar-refractivity contribution is -0.139. The highest BCUT2D eigenvalue weighted by atomic mass is 32.2. The molecule has 0 bridgehead atoms. The molecule has 228 valence electrons. The van der Waals surface area contributed by atoms with Gasteiger partial charge >= 0.3 is 5.97 Å². The zero-order valence-electron chi connectivity index (χ0n) is 25.3. The molecule has 0 aliphatic heterocycles. The standard InChI is InChI=1S/C38H36N2O4S/c1-3-43-36(24-45-34-18-19-35(25(2)20-34)44-23-37(41)42)38(28-14-10-26(11-15-28)30-6-4-8-32(39)21-30)29-16-12-27(13-17-29)31-7-5-9-33(40)22-31/h4-22H,3,23-24,39-40H2,1-2H3,(H,41,42). The van der Waals surface area contributed by atoms with Crippen molar-refractivity contribution >= 4 is 34.7 Å². The predicted octanol–water partition coefficient (Wildman–Crippen LogP) is 8.55. The van der Waals surface area contributed by atoms with Crippen LogP contribution in [0.2, 0.25) is 0 Å². The number of carboxylic acids is 1. The van der Waals surface area contributed by atoms with Crippen LogP contribution in [0.1, 0.15) is 23.6 Å². The van der Waals surface area contributed by atoms with Crippen molar-refractivity contribution in [2.24, 2.45) is 0 Å². The minimum absolute atomic E-state index is 0.374. The van der Waals surface area contributed by atoms with E-state index in [1.165, 1.54) is 0 Å². The van der Waals surface area contributed by atoms with E-state index in [2.05, 4.69) is 60.7 Å². The Morgan fingerprint density at radius 2 is 1.29 bits per heavy atom. The molecule has 5 rings (SSSR count). The van der Waals surface area contributed by atoms with Gasteiger partial charge in [-0.3, -0.25) is 0 Å². The van der Waals surface area contributed by atoms with Gasteiger partial charge in [0, 0.05) is 21.8 Å². The van der Waals surface area contributed by atoms with Gasteiger partial charge in [0.1, 0.15) is 11.5 Å². The highest BCUT2D eigenvalue weighted by Crippen LogP contribution is 2.35. The van der Waals surface area contributed by atoms with E-state index in [4.69, 9.17) is 26.0 Å². The molecule has 0 atom stereocenters. The van der Waals surface area contributed by atoms with Crippen molar-refractivity contribution in [3.05, 3.63) is 138 Å². The monoisotopic (exact) mass is 616 g/mol. The third kappa shape index (κ3) is 8.08. The van der Waals surface area contributed by atoms with Gasteiger partial charge < -0.3 is 26.0 Å². The highest BCUT2D eigenvalue weighted by molar-refractivity contribution is 7.99. The van der Waals surface area contributed by atoms with E-state index in [-0.39, 0.29) is 6.61 Å². The van der Waals surface area contributed by atoms with Crippen LogP contribution in [0, 0.1) is 6.92 Å². The molecule has 0 aliphatic carbocycles. The first-order chi connectivity index (χ1) is 21.8. The first kappa shape index (κ1) is 31.3. The van der Waals surface area contributed by atoms with Crippen molar-refractivity contribution in [2.75, 3.05) is 30.4 Å². The number of aliphatic carboxylic acids is 1. The smallest absolute Gasteiger partial charge is 0.341 e. The van der Waals surface area contributed by atoms with E-state index in [1.807, 2.05) is 68.4 Å². The Kier molecular flexibility index (Phi) is 10.1. The quantitative estimate of drug-likeness (QED) is 0.0732. The Balaban J connectivity index is 1.51. The number of hydrogen-bond acceptors (Lipinski definition) is 6. The molecule has 0 aliphatic rings. The van der Waals surface area contributed by atoms with Crippen LogP contribution >= 0.6 is 11.8 Å². The molecule has 0 amide bonds. The first-order valence-electron chi connectivity index (χ1n) is 14.7. The molecule has 6 nitrogen and oxygen atoms in total. The lowest BCUT2D eigenvalue weighted by Crippen LogP contribution is -2.10. The molecule has 5 aromatic carbocycles. The number of carboxylic acid groups (broad SMARTS) is 1. The van der Waals surface area contributed by atoms with Gasteiger partial charge in [0.05, 0.1) is 12.4 Å². The number of thioether (sulfide) groups is 1. The summed E-state index contributed by atoms with van der Waals surface area (Å²) in [7, 11) is 0. The van der Waals surface area contributed by atoms with Crippen LogP contribution < -0.4 is 16.2 Å². The summed E-state index contributed by atoms with van der Waals surface area (Å²) in [5.41, 5.74) is 21.8. The van der Waals surface area contributed by atoms with Gasteiger partial charge in [0.15, 0.2) is 6.61 Å². The van der Waals surface area contributed by atoms with Crippen LogP contribution in [0.4, 0.5) is 11.4 Å². The maximum absolute atomic E-state index is 10.9. The number of hydrogen-bond donors (Lipinski definition) is 3. The fourth-order valence-corrected chi connectivity index (χ4v) is 6.06. The summed E-state index contributed by atoms with van der Waals surface area (Å²) in [6.45, 7) is 4.05. The van der Waals surface area contributed by atoms with Crippen LogP contribution in [0.25, 0.3) is 27.8 Å². The third-order valence-corrected chi connectivity index (χ3v) is 8.25. The predicted molar refractivity (Wildman–Crippen MR) is 185 cm³/mol. The van der Waals surface area contributed by atoms with Gasteiger partial charge in [-0.15, -0.1) is 11.8 Å². The number of anilines is 2. The molecule has 0 fully saturated rings. The van der Waals surface area contributed by atoms with E-state index < -0.39 is 5.97 Å². The van der Waals surface area contributed by atoms with E-state index in [0.717, 1.165) is 66.5 Å². The maximum Gasteiger partial charge on any atom is 0.341 e. The number of aryl methyl sites for hydroxylation is 1. The topological polar surface area (TPSA) is 108 Å². The Hall–Kier alpha value is -5.14. The SMILES string of the molecule is CCOC(CSc1ccc(OCC(=O)O)c(C)c1)=C(c1ccc(-c2cccc(N)c2)cc1)c1ccc(-c2cccc(N)c2)cc1. The molecule has 0 heterocycles. The van der Waals surface area contributed by atoms with Crippen molar-refractivity contribution in [1.82, 2.24) is 0 Å². The highest BCUT2D eigenvalue weighted by Gasteiger charge is 2.16. The molecule has 5 aromatic rings. The molecular formula is C38H36N2O4S. The second-order valence-corrected chi connectivity index (χ2v) is 11.6. The lowest BCUT2D eigenvalue weighted by atomic mass is 9.93. The number of rotatable bonds is 12. The first-order valence-corrected chi connectivity index (χ1v) is 15.7. The van der Waals surface area contributed by atoms with E-state index in [0.29, 0.717) is 18.1 Å². The summed E-state index contributed by atoms with van der Waals surface area (Å²) in [6, 6.07) is 38.5. The number of benzene rings is 5. The number of nitrogens with two attached hydrogens (primary N) is 2. The summed E-state index contributed by atoms with van der Waals surface area (Å²) >= 11 is 1.65. The summed E-state index contributed by atoms with van der Waals surface area (Å²) in [6.07, 6.45) is 0. The van der Waals surface area contributed by atoms with E-state index in [9.17, 15) is 4.79 Å². The van der Waals surface area contributed by atoms with Crippen molar-refractivity contribution in [2.45, 2.75) is 18.7 Å². The molecule has 0 aromatic heterocycles. The van der Waals surface area contributed by atoms with Crippen molar-refractivity contribution in [3.63, 3.8) is 0 Å². The van der Waals surface area contributed by atoms with Crippen LogP contribution in [-0.2, 0) is 9.53 Å². The zero-order chi connectivity index (χ0) is 31.8. The Bertz CT molecular complexity index is 1720. The van der Waals surface area contributed by atoms with Gasteiger partial charge in [0.25, 0.3) is 0 Å². The van der Waals surface area contributed by atoms with Gasteiger partial charge in [-0.25, -0.2) is 4.79 Å².